The van der Waals surface area contributed by atoms with E-state index in [-0.39, 0.29) is 47.2 Å². The monoisotopic (exact) mass is 492 g/mol. The van der Waals surface area contributed by atoms with Crippen molar-refractivity contribution in [2.75, 3.05) is 38.7 Å². The Bertz CT molecular complexity index is 1270. The largest absolute Gasteiger partial charge is 0.495 e. The summed E-state index contributed by atoms with van der Waals surface area (Å²) in [6.07, 6.45) is -0.0708. The zero-order valence-corrected chi connectivity index (χ0v) is 19.9. The molecule has 34 heavy (non-hydrogen) atoms. The molecule has 0 fully saturated rings. The molecule has 0 aliphatic rings. The Labute approximate surface area is 197 Å². The third-order valence-corrected chi connectivity index (χ3v) is 7.01. The van der Waals surface area contributed by atoms with Crippen LogP contribution in [0.5, 0.6) is 17.2 Å². The van der Waals surface area contributed by atoms with Gasteiger partial charge in [0.05, 0.1) is 31.9 Å². The van der Waals surface area contributed by atoms with Gasteiger partial charge in [-0.2, -0.15) is 0 Å². The summed E-state index contributed by atoms with van der Waals surface area (Å²) in [5, 5.41) is 0. The van der Waals surface area contributed by atoms with Gasteiger partial charge in [0.15, 0.2) is 11.5 Å². The molecule has 10 heteroatoms. The molecule has 3 aromatic rings. The number of methoxy groups -OCH3 is 3. The Morgan fingerprint density at radius 2 is 1.56 bits per heavy atom. The fourth-order valence-electron chi connectivity index (χ4n) is 3.62. The Morgan fingerprint density at radius 3 is 2.21 bits per heavy atom. The van der Waals surface area contributed by atoms with Crippen molar-refractivity contribution < 1.29 is 31.4 Å². The molecule has 0 atom stereocenters. The van der Waals surface area contributed by atoms with E-state index in [0.717, 1.165) is 22.5 Å². The van der Waals surface area contributed by atoms with Crippen molar-refractivity contribution in [3.05, 3.63) is 77.4 Å². The van der Waals surface area contributed by atoms with Crippen molar-refractivity contribution in [1.29, 1.82) is 0 Å². The average molecular weight is 493 g/mol. The predicted molar refractivity (Wildman–Crippen MR) is 125 cm³/mol. The van der Waals surface area contributed by atoms with E-state index < -0.39 is 21.7 Å². The summed E-state index contributed by atoms with van der Waals surface area (Å²) in [4.78, 5) is -0.0626. The molecule has 3 rings (SSSR count). The quantitative estimate of drug-likeness (QED) is 0.464. The van der Waals surface area contributed by atoms with Crippen LogP contribution in [0.15, 0.2) is 59.5 Å². The molecule has 0 amide bonds. The molecule has 0 radical (unpaired) electrons. The molecule has 0 saturated carbocycles. The summed E-state index contributed by atoms with van der Waals surface area (Å²) in [5.41, 5.74) is 6.46. The van der Waals surface area contributed by atoms with Crippen LogP contribution in [0.25, 0.3) is 0 Å². The molecule has 0 aliphatic carbocycles. The van der Waals surface area contributed by atoms with Crippen LogP contribution in [0.1, 0.15) is 11.1 Å². The van der Waals surface area contributed by atoms with Crippen molar-refractivity contribution in [1.82, 2.24) is 0 Å². The van der Waals surface area contributed by atoms with Crippen LogP contribution in [0.3, 0.4) is 0 Å². The maximum absolute atomic E-state index is 14.4. The highest BCUT2D eigenvalue weighted by Crippen LogP contribution is 2.38. The molecule has 0 heterocycles. The highest BCUT2D eigenvalue weighted by Gasteiger charge is 2.30. The van der Waals surface area contributed by atoms with Crippen molar-refractivity contribution in [3.63, 3.8) is 0 Å². The van der Waals surface area contributed by atoms with E-state index in [4.69, 9.17) is 19.9 Å². The summed E-state index contributed by atoms with van der Waals surface area (Å²) in [6.45, 7) is -0.0893. The number of hydrogen-bond donors (Lipinski definition) is 1. The van der Waals surface area contributed by atoms with Gasteiger partial charge in [0.2, 0.25) is 0 Å². The van der Waals surface area contributed by atoms with E-state index in [9.17, 15) is 17.2 Å². The first kappa shape index (κ1) is 25.3. The zero-order chi connectivity index (χ0) is 24.9. The zero-order valence-electron chi connectivity index (χ0n) is 19.0. The number of hydrogen-bond acceptors (Lipinski definition) is 6. The number of halogens is 2. The summed E-state index contributed by atoms with van der Waals surface area (Å²) >= 11 is 0. The van der Waals surface area contributed by atoms with Gasteiger partial charge in [-0.05, 0) is 47.5 Å². The number of para-hydroxylation sites is 1. The number of rotatable bonds is 10. The van der Waals surface area contributed by atoms with E-state index in [0.29, 0.717) is 11.3 Å². The van der Waals surface area contributed by atoms with Gasteiger partial charge in [-0.3, -0.25) is 4.31 Å². The molecule has 0 bridgehead atoms. The molecule has 0 unspecified atom stereocenters. The van der Waals surface area contributed by atoms with Crippen molar-refractivity contribution in [2.45, 2.75) is 11.3 Å². The second kappa shape index (κ2) is 10.7. The smallest absolute Gasteiger partial charge is 0.264 e. The number of benzene rings is 3. The Hall–Kier alpha value is -3.37. The van der Waals surface area contributed by atoms with Gasteiger partial charge in [0, 0.05) is 25.6 Å². The number of nitrogens with two attached hydrogens (primary N) is 1. The standard InChI is InChI=1S/C24H26F2N2O5S/c1-31-21-10-8-19(15-23(21)33-3)34(29,30)28(12-11-27)24-16(5-4-6-22(24)32-2)13-17-14-18(25)7-9-20(17)26/h4-10,14-15H,11-13,27H2,1-3H3. The first-order valence-corrected chi connectivity index (χ1v) is 11.8. The van der Waals surface area contributed by atoms with Gasteiger partial charge in [-0.15, -0.1) is 0 Å². The van der Waals surface area contributed by atoms with Crippen LogP contribution in [-0.4, -0.2) is 42.8 Å². The normalized spacial score (nSPS) is 11.2. The van der Waals surface area contributed by atoms with Crippen molar-refractivity contribution in [3.8, 4) is 17.2 Å². The fraction of sp³-hybridized carbons (Fsp3) is 0.250. The molecule has 0 spiro atoms. The van der Waals surface area contributed by atoms with E-state index in [1.54, 1.807) is 18.2 Å². The molecule has 0 aliphatic heterocycles. The first-order chi connectivity index (χ1) is 16.3. The number of ether oxygens (including phenoxy) is 3. The first-order valence-electron chi connectivity index (χ1n) is 10.3. The Morgan fingerprint density at radius 1 is 0.853 bits per heavy atom. The molecular formula is C24H26F2N2O5S. The minimum Gasteiger partial charge on any atom is -0.495 e. The second-order valence-electron chi connectivity index (χ2n) is 7.26. The van der Waals surface area contributed by atoms with Crippen molar-refractivity contribution >= 4 is 15.7 Å². The highest BCUT2D eigenvalue weighted by atomic mass is 32.2. The Balaban J connectivity index is 2.18. The van der Waals surface area contributed by atoms with Crippen LogP contribution in [-0.2, 0) is 16.4 Å². The lowest BCUT2D eigenvalue weighted by atomic mass is 10.0. The topological polar surface area (TPSA) is 91.1 Å². The number of nitrogens with zero attached hydrogens (tertiary/aromatic N) is 1. The fourth-order valence-corrected chi connectivity index (χ4v) is 5.16. The SMILES string of the molecule is COc1ccc(S(=O)(=O)N(CCN)c2c(Cc3cc(F)ccc3F)cccc2OC)cc1OC. The minimum absolute atomic E-state index is 0.00165. The number of sulfonamides is 1. The van der Waals surface area contributed by atoms with Crippen molar-refractivity contribution in [2.24, 2.45) is 5.73 Å². The van der Waals surface area contributed by atoms with Gasteiger partial charge in [0.25, 0.3) is 10.0 Å². The third kappa shape index (κ3) is 5.07. The van der Waals surface area contributed by atoms with Crippen LogP contribution in [0, 0.1) is 11.6 Å². The van der Waals surface area contributed by atoms with Crippen LogP contribution in [0.2, 0.25) is 0 Å². The molecule has 0 saturated heterocycles. The van der Waals surface area contributed by atoms with Gasteiger partial charge >= 0.3 is 0 Å². The highest BCUT2D eigenvalue weighted by molar-refractivity contribution is 7.92. The Kier molecular flexibility index (Phi) is 7.95. The van der Waals surface area contributed by atoms with E-state index in [1.165, 1.54) is 39.5 Å². The van der Waals surface area contributed by atoms with Gasteiger partial charge in [-0.25, -0.2) is 17.2 Å². The van der Waals surface area contributed by atoms with Gasteiger partial charge in [0.1, 0.15) is 17.4 Å². The van der Waals surface area contributed by atoms with Gasteiger partial charge < -0.3 is 19.9 Å². The lowest BCUT2D eigenvalue weighted by molar-refractivity contribution is 0.354. The summed E-state index contributed by atoms with van der Waals surface area (Å²) in [7, 11) is 0.0727. The van der Waals surface area contributed by atoms with E-state index >= 15 is 0 Å². The summed E-state index contributed by atoms with van der Waals surface area (Å²) in [5.74, 6) is -0.363. The lowest BCUT2D eigenvalue weighted by Crippen LogP contribution is -2.36. The summed E-state index contributed by atoms with van der Waals surface area (Å²) < 4.78 is 72.7. The molecule has 7 nitrogen and oxygen atoms in total. The van der Waals surface area contributed by atoms with E-state index in [1.807, 2.05) is 0 Å². The third-order valence-electron chi connectivity index (χ3n) is 5.22. The number of anilines is 1. The predicted octanol–water partition coefficient (Wildman–Crippen LogP) is 3.74. The average Bonchev–Trinajstić information content (AvgIpc) is 2.84. The van der Waals surface area contributed by atoms with E-state index in [2.05, 4.69) is 0 Å². The lowest BCUT2D eigenvalue weighted by Gasteiger charge is -2.28. The molecule has 2 N–H and O–H groups in total. The second-order valence-corrected chi connectivity index (χ2v) is 9.13. The molecule has 182 valence electrons. The molecule has 0 aromatic heterocycles. The maximum Gasteiger partial charge on any atom is 0.264 e. The maximum atomic E-state index is 14.4. The summed E-state index contributed by atoms with van der Waals surface area (Å²) in [6, 6.07) is 12.2. The molecular weight excluding hydrogens is 466 g/mol. The minimum atomic E-state index is -4.17. The van der Waals surface area contributed by atoms with Crippen LogP contribution >= 0.6 is 0 Å². The van der Waals surface area contributed by atoms with Crippen LogP contribution in [0.4, 0.5) is 14.5 Å². The van der Waals surface area contributed by atoms with Crippen LogP contribution < -0.4 is 24.2 Å². The molecule has 3 aromatic carbocycles. The van der Waals surface area contributed by atoms with Gasteiger partial charge in [-0.1, -0.05) is 12.1 Å².